The Kier molecular flexibility index (Phi) is 9.88. The number of anilines is 1. The van der Waals surface area contributed by atoms with E-state index in [4.69, 9.17) is 31.6 Å². The number of nitrogens with zero attached hydrogens (tertiary/aromatic N) is 8. The molecule has 0 spiro atoms. The molecule has 7 rings (SSSR count). The minimum absolute atomic E-state index is 0.210. The van der Waals surface area contributed by atoms with E-state index in [2.05, 4.69) is 64.1 Å². The first-order valence-corrected chi connectivity index (χ1v) is 16.7. The maximum absolute atomic E-state index is 12.6. The maximum Gasteiger partial charge on any atom is 0.318 e. The predicted molar refractivity (Wildman–Crippen MR) is 173 cm³/mol. The Morgan fingerprint density at radius 3 is 2.76 bits per heavy atom. The highest BCUT2D eigenvalue weighted by molar-refractivity contribution is 6.32. The highest BCUT2D eigenvalue weighted by Crippen LogP contribution is 2.38. The number of hydrogen-bond donors (Lipinski definition) is 0. The molecule has 11 heteroatoms. The molecule has 240 valence electrons. The van der Waals surface area contributed by atoms with Gasteiger partial charge in [0, 0.05) is 50.2 Å². The van der Waals surface area contributed by atoms with E-state index >= 15 is 0 Å². The second-order valence-corrected chi connectivity index (χ2v) is 13.1. The van der Waals surface area contributed by atoms with Crippen LogP contribution >= 0.6 is 11.6 Å². The van der Waals surface area contributed by atoms with Gasteiger partial charge in [0.15, 0.2) is 0 Å². The van der Waals surface area contributed by atoms with Crippen LogP contribution in [0.2, 0.25) is 5.02 Å². The van der Waals surface area contributed by atoms with Crippen molar-refractivity contribution in [1.82, 2.24) is 29.5 Å². The number of alkyl halides is 1. The zero-order chi connectivity index (χ0) is 31.5. The zero-order valence-electron chi connectivity index (χ0n) is 26.7. The Hall–Kier alpha value is -3.26. The first-order valence-electron chi connectivity index (χ1n) is 16.4. The van der Waals surface area contributed by atoms with Gasteiger partial charge in [-0.3, -0.25) is 14.5 Å². The number of methoxy groups -OCH3 is 1. The second kappa shape index (κ2) is 14.0. The molecule has 0 bridgehead atoms. The summed E-state index contributed by atoms with van der Waals surface area (Å²) in [6, 6.07) is 12.2. The van der Waals surface area contributed by atoms with Gasteiger partial charge in [0.1, 0.15) is 12.0 Å². The van der Waals surface area contributed by atoms with E-state index in [-0.39, 0.29) is 12.5 Å². The Balaban J connectivity index is 0.000000337. The molecule has 0 N–H and O–H groups in total. The van der Waals surface area contributed by atoms with E-state index in [1.54, 1.807) is 7.11 Å². The van der Waals surface area contributed by atoms with Gasteiger partial charge in [-0.1, -0.05) is 49.2 Å². The lowest BCUT2D eigenvalue weighted by atomic mass is 9.89. The van der Waals surface area contributed by atoms with Crippen LogP contribution in [-0.2, 0) is 38.9 Å². The zero-order valence-corrected chi connectivity index (χ0v) is 27.4. The summed E-state index contributed by atoms with van der Waals surface area (Å²) in [6.07, 6.45) is 6.92. The van der Waals surface area contributed by atoms with Crippen molar-refractivity contribution in [3.63, 3.8) is 0 Å². The number of likely N-dealkylation sites (N-methyl/N-ethyl adjacent to an activating group) is 1. The van der Waals surface area contributed by atoms with E-state index in [0.717, 1.165) is 81.1 Å². The summed E-state index contributed by atoms with van der Waals surface area (Å²) in [5, 5.41) is 14.3. The van der Waals surface area contributed by atoms with Crippen molar-refractivity contribution >= 4 is 17.4 Å². The van der Waals surface area contributed by atoms with Gasteiger partial charge in [-0.25, -0.2) is 4.39 Å². The molecule has 3 aromatic rings. The highest BCUT2D eigenvalue weighted by atomic mass is 35.5. The fourth-order valence-electron chi connectivity index (χ4n) is 7.51. The Morgan fingerprint density at radius 2 is 1.98 bits per heavy atom. The number of fused-ring (bicyclic) bond motifs is 3. The topological polar surface area (TPSA) is 86.3 Å². The third-order valence-corrected chi connectivity index (χ3v) is 10.1. The van der Waals surface area contributed by atoms with Crippen molar-refractivity contribution in [3.05, 3.63) is 63.1 Å². The average Bonchev–Trinajstić information content (AvgIpc) is 3.65. The number of nitriles is 1. The van der Waals surface area contributed by atoms with E-state index in [9.17, 15) is 4.39 Å². The van der Waals surface area contributed by atoms with Gasteiger partial charge >= 0.3 is 6.01 Å². The fourth-order valence-corrected chi connectivity index (χ4v) is 7.78. The summed E-state index contributed by atoms with van der Waals surface area (Å²) >= 11 is 6.67. The molecule has 2 fully saturated rings. The molecule has 45 heavy (non-hydrogen) atoms. The van der Waals surface area contributed by atoms with Gasteiger partial charge in [0.2, 0.25) is 0 Å². The van der Waals surface area contributed by atoms with Crippen LogP contribution in [0.4, 0.5) is 10.2 Å². The number of benzene rings is 1. The van der Waals surface area contributed by atoms with Crippen molar-refractivity contribution in [3.8, 4) is 12.1 Å². The summed E-state index contributed by atoms with van der Waals surface area (Å²) in [6.45, 7) is 7.00. The Morgan fingerprint density at radius 1 is 1.13 bits per heavy atom. The molecule has 6 heterocycles. The van der Waals surface area contributed by atoms with Crippen molar-refractivity contribution in [2.45, 2.75) is 96.2 Å². The number of rotatable bonds is 6. The van der Waals surface area contributed by atoms with Crippen molar-refractivity contribution < 1.29 is 9.13 Å². The molecule has 0 saturated carbocycles. The van der Waals surface area contributed by atoms with E-state index in [1.165, 1.54) is 24.0 Å². The largest absolute Gasteiger partial charge is 0.467 e. The Bertz CT molecular complexity index is 1530. The molecular weight excluding hydrogens is 591 g/mol. The van der Waals surface area contributed by atoms with Crippen LogP contribution < -0.4 is 9.64 Å². The minimum atomic E-state index is -0.518. The first kappa shape index (κ1) is 31.7. The fraction of sp³-hybridized carbons (Fsp3) is 0.588. The quantitative estimate of drug-likeness (QED) is 0.342. The molecule has 2 saturated heterocycles. The average molecular weight is 635 g/mol. The summed E-state index contributed by atoms with van der Waals surface area (Å²) in [5.74, 6) is 0.900. The van der Waals surface area contributed by atoms with Gasteiger partial charge in [0.25, 0.3) is 0 Å². The molecule has 4 aliphatic heterocycles. The van der Waals surface area contributed by atoms with Crippen LogP contribution in [0.5, 0.6) is 6.01 Å². The smallest absolute Gasteiger partial charge is 0.318 e. The number of aromatic nitrogens is 4. The lowest BCUT2D eigenvalue weighted by Gasteiger charge is -2.37. The summed E-state index contributed by atoms with van der Waals surface area (Å²) < 4.78 is 20.1. The van der Waals surface area contributed by atoms with Crippen molar-refractivity contribution in [2.24, 2.45) is 0 Å². The summed E-state index contributed by atoms with van der Waals surface area (Å²) in [5.41, 5.74) is 6.55. The third-order valence-electron chi connectivity index (χ3n) is 9.70. The summed E-state index contributed by atoms with van der Waals surface area (Å²) in [4.78, 5) is 16.6. The number of ether oxygens (including phenoxy) is 1. The number of aryl methyl sites for hydroxylation is 2. The highest BCUT2D eigenvalue weighted by Gasteiger charge is 2.35. The van der Waals surface area contributed by atoms with Crippen molar-refractivity contribution in [2.75, 3.05) is 38.7 Å². The molecule has 9 nitrogen and oxygen atoms in total. The van der Waals surface area contributed by atoms with E-state index in [1.807, 2.05) is 4.68 Å². The molecule has 1 aromatic carbocycles. The predicted octanol–water partition coefficient (Wildman–Crippen LogP) is 5.69. The third kappa shape index (κ3) is 6.67. The lowest BCUT2D eigenvalue weighted by Crippen LogP contribution is -2.35. The molecule has 3 unspecified atom stereocenters. The van der Waals surface area contributed by atoms with Crippen LogP contribution in [0.25, 0.3) is 0 Å². The van der Waals surface area contributed by atoms with Gasteiger partial charge in [-0.2, -0.15) is 20.3 Å². The Labute approximate surface area is 270 Å². The SMILES string of the molecule is CCCc1ccccc1C1Cc2nc(OC)nc(N3CCCn4nc(CC#N)c(Cl)c4C3)c2CN1C.FC1CC2CCCN2C1. The molecule has 3 atom stereocenters. The number of halogens is 2. The second-order valence-electron chi connectivity index (χ2n) is 12.7. The maximum atomic E-state index is 12.6. The van der Waals surface area contributed by atoms with Gasteiger partial charge in [-0.15, -0.1) is 0 Å². The van der Waals surface area contributed by atoms with E-state index in [0.29, 0.717) is 35.9 Å². The van der Waals surface area contributed by atoms with Crippen LogP contribution in [0.3, 0.4) is 0 Å². The van der Waals surface area contributed by atoms with Gasteiger partial charge in [-0.05, 0) is 56.8 Å². The molecule has 0 radical (unpaired) electrons. The van der Waals surface area contributed by atoms with Crippen LogP contribution in [0.1, 0.15) is 78.8 Å². The van der Waals surface area contributed by atoms with Crippen LogP contribution in [-0.4, -0.2) is 75.6 Å². The minimum Gasteiger partial charge on any atom is -0.467 e. The molecular formula is C34H44ClFN8O. The molecule has 0 aliphatic carbocycles. The number of hydrogen-bond acceptors (Lipinski definition) is 8. The van der Waals surface area contributed by atoms with Gasteiger partial charge < -0.3 is 9.64 Å². The monoisotopic (exact) mass is 634 g/mol. The normalized spacial score (nSPS) is 22.9. The first-order chi connectivity index (χ1) is 21.9. The van der Waals surface area contributed by atoms with Crippen LogP contribution in [0.15, 0.2) is 24.3 Å². The molecule has 4 aliphatic rings. The summed E-state index contributed by atoms with van der Waals surface area (Å²) in [7, 11) is 3.81. The molecule has 0 amide bonds. The lowest BCUT2D eigenvalue weighted by molar-refractivity contribution is 0.212. The van der Waals surface area contributed by atoms with Crippen LogP contribution in [0, 0.1) is 11.3 Å². The van der Waals surface area contributed by atoms with Gasteiger partial charge in [0.05, 0.1) is 48.2 Å². The van der Waals surface area contributed by atoms with E-state index < -0.39 is 6.17 Å². The van der Waals surface area contributed by atoms with Crippen molar-refractivity contribution in [1.29, 1.82) is 5.26 Å². The molecule has 2 aromatic heterocycles. The standard InChI is InChI=1S/C27H32ClN7O.C7H12FN/c1-4-8-18-9-5-6-10-19(18)23-15-22-20(16-33(23)2)26(31-27(30-22)36-3)34-13-7-14-35-24(17-34)25(28)21(32-35)11-12-29;8-6-4-7-2-1-3-9(7)5-6/h5-6,9-10,23H,4,7-8,11,13-17H2,1-3H3;6-7H,1-5H2.